The molecule has 1 aromatic heterocycles. The Morgan fingerprint density at radius 2 is 2.12 bits per heavy atom. The van der Waals surface area contributed by atoms with Crippen LogP contribution in [0.4, 0.5) is 0 Å². The van der Waals surface area contributed by atoms with Crippen molar-refractivity contribution in [3.63, 3.8) is 0 Å². The number of sulfone groups is 1. The van der Waals surface area contributed by atoms with E-state index >= 15 is 0 Å². The Labute approximate surface area is 101 Å². The van der Waals surface area contributed by atoms with Crippen molar-refractivity contribution >= 4 is 9.84 Å². The molecule has 0 aliphatic carbocycles. The average molecular weight is 258 g/mol. The Morgan fingerprint density at radius 1 is 1.41 bits per heavy atom. The van der Waals surface area contributed by atoms with E-state index in [-0.39, 0.29) is 17.4 Å². The van der Waals surface area contributed by atoms with Crippen LogP contribution in [0, 0.1) is 0 Å². The van der Waals surface area contributed by atoms with Gasteiger partial charge >= 0.3 is 0 Å². The third-order valence-corrected chi connectivity index (χ3v) is 3.40. The summed E-state index contributed by atoms with van der Waals surface area (Å²) >= 11 is 0. The van der Waals surface area contributed by atoms with E-state index in [0.29, 0.717) is 13.1 Å². The Morgan fingerprint density at radius 3 is 2.71 bits per heavy atom. The Balaban J connectivity index is 2.39. The molecule has 17 heavy (non-hydrogen) atoms. The van der Waals surface area contributed by atoms with Gasteiger partial charge in [-0.05, 0) is 13.0 Å². The van der Waals surface area contributed by atoms with Crippen molar-refractivity contribution in [1.29, 1.82) is 0 Å². The predicted octanol–water partition coefficient (Wildman–Crippen LogP) is -0.129. The molecular formula is C11H18N2O3S. The highest BCUT2D eigenvalue weighted by atomic mass is 32.2. The molecule has 1 unspecified atom stereocenters. The van der Waals surface area contributed by atoms with Crippen molar-refractivity contribution < 1.29 is 8.42 Å². The maximum absolute atomic E-state index is 11.4. The highest BCUT2D eigenvalue weighted by Crippen LogP contribution is 1.90. The van der Waals surface area contributed by atoms with Crippen molar-refractivity contribution in [2.75, 3.05) is 18.6 Å². The topological polar surface area (TPSA) is 68.2 Å². The highest BCUT2D eigenvalue weighted by molar-refractivity contribution is 7.90. The molecule has 0 spiro atoms. The fraction of sp³-hybridized carbons (Fsp3) is 0.545. The summed E-state index contributed by atoms with van der Waals surface area (Å²) < 4.78 is 23.7. The zero-order valence-electron chi connectivity index (χ0n) is 10.1. The molecule has 1 atom stereocenters. The standard InChI is InChI=1S/C11H18N2O3S/c1-10(9-17(2,15)16)12-6-8-13-7-4-3-5-11(13)14/h3-5,7,10,12H,6,8-9H2,1-2H3. The van der Waals surface area contributed by atoms with E-state index in [1.165, 1.54) is 12.3 Å². The minimum Gasteiger partial charge on any atom is -0.314 e. The van der Waals surface area contributed by atoms with E-state index in [0.717, 1.165) is 0 Å². The van der Waals surface area contributed by atoms with E-state index in [4.69, 9.17) is 0 Å². The van der Waals surface area contributed by atoms with Crippen LogP contribution >= 0.6 is 0 Å². The van der Waals surface area contributed by atoms with Crippen molar-refractivity contribution in [2.24, 2.45) is 0 Å². The molecule has 0 aromatic carbocycles. The average Bonchev–Trinajstić information content (AvgIpc) is 2.18. The van der Waals surface area contributed by atoms with Gasteiger partial charge in [0.05, 0.1) is 5.75 Å². The molecule has 0 saturated heterocycles. The van der Waals surface area contributed by atoms with E-state index in [2.05, 4.69) is 5.32 Å². The molecule has 96 valence electrons. The molecule has 0 amide bonds. The van der Waals surface area contributed by atoms with Gasteiger partial charge in [-0.15, -0.1) is 0 Å². The molecule has 1 heterocycles. The molecule has 0 aliphatic rings. The van der Waals surface area contributed by atoms with Crippen LogP contribution in [0.2, 0.25) is 0 Å². The second kappa shape index (κ2) is 5.97. The van der Waals surface area contributed by atoms with Crippen LogP contribution in [0.3, 0.4) is 0 Å². The van der Waals surface area contributed by atoms with Gasteiger partial charge in [-0.3, -0.25) is 4.79 Å². The smallest absolute Gasteiger partial charge is 0.250 e. The number of aromatic nitrogens is 1. The van der Waals surface area contributed by atoms with Crippen LogP contribution in [0.25, 0.3) is 0 Å². The number of nitrogens with one attached hydrogen (secondary N) is 1. The molecule has 1 N–H and O–H groups in total. The summed E-state index contributed by atoms with van der Waals surface area (Å²) in [5.74, 6) is 0.108. The first kappa shape index (κ1) is 13.9. The van der Waals surface area contributed by atoms with Gasteiger partial charge in [0.25, 0.3) is 5.56 Å². The molecule has 1 aromatic rings. The molecule has 0 fully saturated rings. The van der Waals surface area contributed by atoms with E-state index < -0.39 is 9.84 Å². The van der Waals surface area contributed by atoms with Gasteiger partial charge in [-0.2, -0.15) is 0 Å². The van der Waals surface area contributed by atoms with E-state index in [1.807, 2.05) is 6.92 Å². The summed E-state index contributed by atoms with van der Waals surface area (Å²) in [6, 6.07) is 4.88. The lowest BCUT2D eigenvalue weighted by Crippen LogP contribution is -2.36. The number of hydrogen-bond acceptors (Lipinski definition) is 4. The molecule has 0 bridgehead atoms. The Kier molecular flexibility index (Phi) is 4.89. The van der Waals surface area contributed by atoms with E-state index in [9.17, 15) is 13.2 Å². The monoisotopic (exact) mass is 258 g/mol. The highest BCUT2D eigenvalue weighted by Gasteiger charge is 2.09. The fourth-order valence-electron chi connectivity index (χ4n) is 1.59. The van der Waals surface area contributed by atoms with Gasteiger partial charge in [0.2, 0.25) is 0 Å². The normalized spacial score (nSPS) is 13.5. The largest absolute Gasteiger partial charge is 0.314 e. The summed E-state index contributed by atoms with van der Waals surface area (Å²) in [5, 5.41) is 3.08. The van der Waals surface area contributed by atoms with Crippen molar-refractivity contribution in [2.45, 2.75) is 19.5 Å². The number of hydrogen-bond donors (Lipinski definition) is 1. The molecule has 0 saturated carbocycles. The minimum absolute atomic E-state index is 0.0509. The summed E-state index contributed by atoms with van der Waals surface area (Å²) in [5.41, 5.74) is -0.0509. The number of pyridine rings is 1. The summed E-state index contributed by atoms with van der Waals surface area (Å²) in [6.07, 6.45) is 2.93. The van der Waals surface area contributed by atoms with Crippen LogP contribution in [0.15, 0.2) is 29.2 Å². The van der Waals surface area contributed by atoms with Gasteiger partial charge in [0.15, 0.2) is 0 Å². The van der Waals surface area contributed by atoms with Gasteiger partial charge in [-0.25, -0.2) is 8.42 Å². The molecular weight excluding hydrogens is 240 g/mol. The van der Waals surface area contributed by atoms with Crippen LogP contribution in [-0.4, -0.2) is 37.6 Å². The second-order valence-corrected chi connectivity index (χ2v) is 6.36. The number of nitrogens with zero attached hydrogens (tertiary/aromatic N) is 1. The fourth-order valence-corrected chi connectivity index (χ4v) is 2.62. The van der Waals surface area contributed by atoms with Crippen LogP contribution in [0.5, 0.6) is 0 Å². The molecule has 6 heteroatoms. The predicted molar refractivity (Wildman–Crippen MR) is 67.9 cm³/mol. The van der Waals surface area contributed by atoms with Crippen molar-refractivity contribution in [3.05, 3.63) is 34.7 Å². The molecule has 1 rings (SSSR count). The molecule has 0 radical (unpaired) electrons. The quantitative estimate of drug-likeness (QED) is 0.772. The molecule has 5 nitrogen and oxygen atoms in total. The zero-order chi connectivity index (χ0) is 12.9. The van der Waals surface area contributed by atoms with Gasteiger partial charge < -0.3 is 9.88 Å². The second-order valence-electron chi connectivity index (χ2n) is 4.18. The van der Waals surface area contributed by atoms with Gasteiger partial charge in [-0.1, -0.05) is 6.07 Å². The maximum atomic E-state index is 11.4. The summed E-state index contributed by atoms with van der Waals surface area (Å²) in [7, 11) is -2.96. The SMILES string of the molecule is CC(CS(C)(=O)=O)NCCn1ccccc1=O. The third kappa shape index (κ3) is 5.65. The third-order valence-electron chi connectivity index (χ3n) is 2.30. The summed E-state index contributed by atoms with van der Waals surface area (Å²) in [4.78, 5) is 11.4. The minimum atomic E-state index is -2.96. The van der Waals surface area contributed by atoms with Crippen molar-refractivity contribution in [3.8, 4) is 0 Å². The van der Waals surface area contributed by atoms with Crippen LogP contribution in [-0.2, 0) is 16.4 Å². The van der Waals surface area contributed by atoms with Gasteiger partial charge in [0, 0.05) is 37.7 Å². The lowest BCUT2D eigenvalue weighted by Gasteiger charge is -2.13. The lowest BCUT2D eigenvalue weighted by atomic mass is 10.4. The van der Waals surface area contributed by atoms with Crippen molar-refractivity contribution in [1.82, 2.24) is 9.88 Å². The van der Waals surface area contributed by atoms with Gasteiger partial charge in [0.1, 0.15) is 9.84 Å². The zero-order valence-corrected chi connectivity index (χ0v) is 10.9. The number of rotatable bonds is 6. The maximum Gasteiger partial charge on any atom is 0.250 e. The summed E-state index contributed by atoms with van der Waals surface area (Å²) in [6.45, 7) is 2.92. The first-order valence-electron chi connectivity index (χ1n) is 5.45. The van der Waals surface area contributed by atoms with Crippen LogP contribution in [0.1, 0.15) is 6.92 Å². The van der Waals surface area contributed by atoms with Crippen LogP contribution < -0.4 is 10.9 Å². The van der Waals surface area contributed by atoms with E-state index in [1.54, 1.807) is 22.9 Å². The molecule has 0 aliphatic heterocycles. The first-order valence-corrected chi connectivity index (χ1v) is 7.51. The Hall–Kier alpha value is -1.14. The Bertz CT molecular complexity index is 507. The lowest BCUT2D eigenvalue weighted by molar-refractivity contribution is 0.526. The first-order chi connectivity index (χ1) is 7.88.